The van der Waals surface area contributed by atoms with E-state index in [2.05, 4.69) is 10.6 Å². The van der Waals surface area contributed by atoms with Crippen molar-refractivity contribution in [1.29, 1.82) is 0 Å². The summed E-state index contributed by atoms with van der Waals surface area (Å²) in [4.78, 5) is 21.7. The van der Waals surface area contributed by atoms with E-state index in [-0.39, 0.29) is 9.82 Å². The Morgan fingerprint density at radius 1 is 1.27 bits per heavy atom. The molecule has 0 bridgehead atoms. The quantitative estimate of drug-likeness (QED) is 0.500. The van der Waals surface area contributed by atoms with Crippen molar-refractivity contribution in [1.82, 2.24) is 0 Å². The molecule has 0 saturated carbocycles. The van der Waals surface area contributed by atoms with Crippen molar-refractivity contribution < 1.29 is 9.59 Å². The van der Waals surface area contributed by atoms with E-state index < -0.39 is 0 Å². The van der Waals surface area contributed by atoms with Crippen molar-refractivity contribution in [2.45, 2.75) is 13.8 Å². The number of nitrogens with one attached hydrogen (secondary N) is 2. The molecule has 2 N–H and O–H groups in total. The normalized spacial score (nSPS) is 9.53. The van der Waals surface area contributed by atoms with Gasteiger partial charge in [0.25, 0.3) is 3.91 Å². The molecule has 0 radical (unpaired) electrons. The van der Waals surface area contributed by atoms with Crippen LogP contribution in [0, 0.1) is 6.92 Å². The van der Waals surface area contributed by atoms with Gasteiger partial charge in [-0.25, -0.2) is 0 Å². The summed E-state index contributed by atoms with van der Waals surface area (Å²) in [5, 5.41) is 5.34. The van der Waals surface area contributed by atoms with Gasteiger partial charge in [0, 0.05) is 40.9 Å². The number of rotatable bonds is 2. The fourth-order valence-electron chi connectivity index (χ4n) is 1.14. The molecule has 0 aromatic heterocycles. The van der Waals surface area contributed by atoms with Gasteiger partial charge >= 0.3 is 0 Å². The molecule has 4 nitrogen and oxygen atoms in total. The topological polar surface area (TPSA) is 58.2 Å². The maximum absolute atomic E-state index is 10.9. The molecule has 80 valence electrons. The zero-order chi connectivity index (χ0) is 11.4. The summed E-state index contributed by atoms with van der Waals surface area (Å²) in [6.45, 7) is 3.33. The van der Waals surface area contributed by atoms with Crippen LogP contribution < -0.4 is 10.6 Å². The summed E-state index contributed by atoms with van der Waals surface area (Å²) in [6, 6.07) is 5.36. The van der Waals surface area contributed by atoms with Gasteiger partial charge in [0.05, 0.1) is 0 Å². The zero-order valence-corrected chi connectivity index (χ0v) is 10.6. The maximum atomic E-state index is 10.9. The number of aryl methyl sites for hydroxylation is 1. The SMILES string of the molecule is CC(=O)Nc1ccc(C)c(NC(=O)I)c1. The minimum Gasteiger partial charge on any atom is -0.326 e. The molecule has 0 aliphatic heterocycles. The van der Waals surface area contributed by atoms with E-state index in [0.717, 1.165) is 5.56 Å². The van der Waals surface area contributed by atoms with E-state index >= 15 is 0 Å². The van der Waals surface area contributed by atoms with Crippen molar-refractivity contribution in [3.63, 3.8) is 0 Å². The minimum atomic E-state index is -0.157. The molecule has 1 rings (SSSR count). The van der Waals surface area contributed by atoms with Crippen LogP contribution in [0.4, 0.5) is 16.2 Å². The Kier molecular flexibility index (Phi) is 4.07. The van der Waals surface area contributed by atoms with Crippen LogP contribution in [0.1, 0.15) is 12.5 Å². The Labute approximate surface area is 102 Å². The Morgan fingerprint density at radius 3 is 2.47 bits per heavy atom. The van der Waals surface area contributed by atoms with E-state index in [1.807, 2.05) is 13.0 Å². The molecule has 0 heterocycles. The van der Waals surface area contributed by atoms with Gasteiger partial charge in [-0.05, 0) is 24.6 Å². The van der Waals surface area contributed by atoms with Crippen LogP contribution in [0.2, 0.25) is 0 Å². The predicted octanol–water partition coefficient (Wildman–Crippen LogP) is 2.92. The number of halogens is 1. The van der Waals surface area contributed by atoms with Crippen molar-refractivity contribution >= 4 is 43.8 Å². The summed E-state index contributed by atoms with van der Waals surface area (Å²) in [6.07, 6.45) is 0. The fourth-order valence-corrected chi connectivity index (χ4v) is 1.43. The van der Waals surface area contributed by atoms with E-state index in [1.54, 1.807) is 34.7 Å². The molecule has 0 atom stereocenters. The molecule has 0 unspecified atom stereocenters. The molecular weight excluding hydrogens is 307 g/mol. The number of carbonyl (C=O) groups is 2. The summed E-state index contributed by atoms with van der Waals surface area (Å²) < 4.78 is -0.157. The van der Waals surface area contributed by atoms with E-state index in [1.165, 1.54) is 6.92 Å². The average molecular weight is 318 g/mol. The summed E-state index contributed by atoms with van der Waals surface area (Å²) in [5.41, 5.74) is 2.34. The van der Waals surface area contributed by atoms with Crippen LogP contribution in [0.3, 0.4) is 0 Å². The standard InChI is InChI=1S/C10H11IN2O2/c1-6-3-4-8(12-7(2)14)5-9(6)13-10(11)15/h3-5H,1-2H3,(H,12,14)(H,13,15). The lowest BCUT2D eigenvalue weighted by Crippen LogP contribution is -2.07. The lowest BCUT2D eigenvalue weighted by Gasteiger charge is -2.08. The summed E-state index contributed by atoms with van der Waals surface area (Å²) in [5.74, 6) is -0.134. The highest BCUT2D eigenvalue weighted by Gasteiger charge is 2.03. The minimum absolute atomic E-state index is 0.134. The monoisotopic (exact) mass is 318 g/mol. The Bertz CT molecular complexity index is 404. The first-order valence-corrected chi connectivity index (χ1v) is 5.41. The predicted molar refractivity (Wildman–Crippen MR) is 68.5 cm³/mol. The number of anilines is 2. The first-order valence-electron chi connectivity index (χ1n) is 4.34. The van der Waals surface area contributed by atoms with Gasteiger partial charge in [-0.15, -0.1) is 0 Å². The number of benzene rings is 1. The van der Waals surface area contributed by atoms with Gasteiger partial charge in [-0.2, -0.15) is 0 Å². The van der Waals surface area contributed by atoms with Gasteiger partial charge in [0.15, 0.2) is 0 Å². The molecule has 2 amide bonds. The Morgan fingerprint density at radius 2 is 1.93 bits per heavy atom. The van der Waals surface area contributed by atoms with E-state index in [0.29, 0.717) is 11.4 Å². The van der Waals surface area contributed by atoms with E-state index in [4.69, 9.17) is 0 Å². The number of hydrogen-bond donors (Lipinski definition) is 2. The third kappa shape index (κ3) is 3.86. The average Bonchev–Trinajstić information content (AvgIpc) is 2.09. The van der Waals surface area contributed by atoms with Gasteiger partial charge in [-0.1, -0.05) is 6.07 Å². The second-order valence-corrected chi connectivity index (χ2v) is 4.09. The second-order valence-electron chi connectivity index (χ2n) is 3.11. The van der Waals surface area contributed by atoms with Crippen molar-refractivity contribution in [2.24, 2.45) is 0 Å². The molecule has 0 fully saturated rings. The van der Waals surface area contributed by atoms with Crippen LogP contribution in [0.25, 0.3) is 0 Å². The van der Waals surface area contributed by atoms with Crippen molar-refractivity contribution in [3.8, 4) is 0 Å². The lowest BCUT2D eigenvalue weighted by molar-refractivity contribution is -0.114. The summed E-state index contributed by atoms with van der Waals surface area (Å²) >= 11 is 1.66. The molecule has 5 heteroatoms. The van der Waals surface area contributed by atoms with Crippen LogP contribution >= 0.6 is 22.6 Å². The highest BCUT2D eigenvalue weighted by Crippen LogP contribution is 2.20. The molecule has 15 heavy (non-hydrogen) atoms. The van der Waals surface area contributed by atoms with Crippen LogP contribution in [0.15, 0.2) is 18.2 Å². The second kappa shape index (κ2) is 5.11. The highest BCUT2D eigenvalue weighted by atomic mass is 127. The molecule has 1 aromatic rings. The smallest absolute Gasteiger partial charge is 0.284 e. The molecular formula is C10H11IN2O2. The first-order chi connectivity index (χ1) is 6.99. The molecule has 1 aromatic carbocycles. The highest BCUT2D eigenvalue weighted by molar-refractivity contribution is 14.1. The number of carbonyl (C=O) groups excluding carboxylic acids is 2. The molecule has 0 aliphatic rings. The number of amides is 2. The number of hydrogen-bond acceptors (Lipinski definition) is 2. The van der Waals surface area contributed by atoms with Gasteiger partial charge in [0.2, 0.25) is 5.91 Å². The molecule has 0 saturated heterocycles. The lowest BCUT2D eigenvalue weighted by atomic mass is 10.2. The maximum Gasteiger partial charge on any atom is 0.284 e. The van der Waals surface area contributed by atoms with Crippen molar-refractivity contribution in [2.75, 3.05) is 10.6 Å². The molecule has 0 aliphatic carbocycles. The van der Waals surface area contributed by atoms with Gasteiger partial charge < -0.3 is 10.6 Å². The zero-order valence-electron chi connectivity index (χ0n) is 8.43. The third-order valence-corrected chi connectivity index (χ3v) is 2.06. The fraction of sp³-hybridized carbons (Fsp3) is 0.200. The van der Waals surface area contributed by atoms with Gasteiger partial charge in [-0.3, -0.25) is 9.59 Å². The first kappa shape index (κ1) is 12.0. The Hall–Kier alpha value is -1.11. The van der Waals surface area contributed by atoms with Crippen LogP contribution in [0.5, 0.6) is 0 Å². The van der Waals surface area contributed by atoms with Gasteiger partial charge in [0.1, 0.15) is 0 Å². The third-order valence-electron chi connectivity index (χ3n) is 1.79. The van der Waals surface area contributed by atoms with E-state index in [9.17, 15) is 9.59 Å². The van der Waals surface area contributed by atoms with Crippen molar-refractivity contribution in [3.05, 3.63) is 23.8 Å². The largest absolute Gasteiger partial charge is 0.326 e. The Balaban J connectivity index is 2.94. The van der Waals surface area contributed by atoms with Crippen LogP contribution in [-0.4, -0.2) is 9.82 Å². The summed E-state index contributed by atoms with van der Waals surface area (Å²) in [7, 11) is 0. The van der Waals surface area contributed by atoms with Crippen LogP contribution in [-0.2, 0) is 4.79 Å². The molecule has 0 spiro atoms.